The molecule has 33 heavy (non-hydrogen) atoms. The van der Waals surface area contributed by atoms with Crippen molar-refractivity contribution in [3.05, 3.63) is 80.8 Å². The zero-order valence-electron chi connectivity index (χ0n) is 18.8. The standard InChI is InChI=1S/C23H26N4O5S/c1-14-9-10-16(11-15(14)2)12-24-23(30)20-18(13-28)22(29)26-21(25-20)17-7-5-6-8-19(17)33(31,32)27(3)4/h5-11,28H,12-13H2,1-4H3,(H,24,30)(H,25,26,29). The van der Waals surface area contributed by atoms with Crippen LogP contribution in [0.5, 0.6) is 0 Å². The molecule has 0 fully saturated rings. The van der Waals surface area contributed by atoms with Gasteiger partial charge < -0.3 is 15.4 Å². The van der Waals surface area contributed by atoms with Crippen LogP contribution in [0.4, 0.5) is 0 Å². The summed E-state index contributed by atoms with van der Waals surface area (Å²) in [5.41, 5.74) is 2.01. The summed E-state index contributed by atoms with van der Waals surface area (Å²) in [6.07, 6.45) is 0. The summed E-state index contributed by atoms with van der Waals surface area (Å²) in [5.74, 6) is -0.743. The zero-order chi connectivity index (χ0) is 24.3. The molecule has 10 heteroatoms. The van der Waals surface area contributed by atoms with Gasteiger partial charge in [-0.15, -0.1) is 0 Å². The van der Waals surface area contributed by atoms with E-state index in [9.17, 15) is 23.1 Å². The molecule has 0 saturated carbocycles. The number of aromatic amines is 1. The number of nitrogens with zero attached hydrogens (tertiary/aromatic N) is 2. The molecule has 1 heterocycles. The van der Waals surface area contributed by atoms with Gasteiger partial charge in [0.05, 0.1) is 17.1 Å². The molecule has 3 aromatic rings. The van der Waals surface area contributed by atoms with E-state index in [2.05, 4.69) is 15.3 Å². The van der Waals surface area contributed by atoms with Gasteiger partial charge in [-0.2, -0.15) is 0 Å². The van der Waals surface area contributed by atoms with Crippen molar-refractivity contribution < 1.29 is 18.3 Å². The van der Waals surface area contributed by atoms with Crippen molar-refractivity contribution in [2.75, 3.05) is 14.1 Å². The summed E-state index contributed by atoms with van der Waals surface area (Å²) >= 11 is 0. The van der Waals surface area contributed by atoms with Crippen molar-refractivity contribution >= 4 is 15.9 Å². The predicted molar refractivity (Wildman–Crippen MR) is 124 cm³/mol. The molecule has 9 nitrogen and oxygen atoms in total. The molecule has 0 spiro atoms. The van der Waals surface area contributed by atoms with E-state index in [0.29, 0.717) is 0 Å². The Kier molecular flexibility index (Phi) is 7.11. The summed E-state index contributed by atoms with van der Waals surface area (Å²) in [6, 6.07) is 11.8. The van der Waals surface area contributed by atoms with Crippen LogP contribution in [0.15, 0.2) is 52.2 Å². The van der Waals surface area contributed by atoms with Gasteiger partial charge in [-0.3, -0.25) is 9.59 Å². The highest BCUT2D eigenvalue weighted by Gasteiger charge is 2.25. The molecule has 0 atom stereocenters. The van der Waals surface area contributed by atoms with E-state index < -0.39 is 28.1 Å². The number of aliphatic hydroxyl groups is 1. The fraction of sp³-hybridized carbons (Fsp3) is 0.261. The van der Waals surface area contributed by atoms with Gasteiger partial charge in [0.2, 0.25) is 10.0 Å². The minimum atomic E-state index is -3.85. The average molecular weight is 471 g/mol. The van der Waals surface area contributed by atoms with Crippen LogP contribution in [-0.4, -0.2) is 47.8 Å². The lowest BCUT2D eigenvalue weighted by Gasteiger charge is -2.15. The first-order chi connectivity index (χ1) is 15.6. The number of sulfonamides is 1. The second-order valence-corrected chi connectivity index (χ2v) is 9.90. The van der Waals surface area contributed by atoms with E-state index in [1.54, 1.807) is 12.1 Å². The smallest absolute Gasteiger partial charge is 0.270 e. The SMILES string of the molecule is Cc1ccc(CNC(=O)c2nc(-c3ccccc3S(=O)(=O)N(C)C)[nH]c(=O)c2CO)cc1C. The first-order valence-electron chi connectivity index (χ1n) is 10.2. The number of aromatic nitrogens is 2. The minimum Gasteiger partial charge on any atom is -0.391 e. The van der Waals surface area contributed by atoms with Gasteiger partial charge in [0, 0.05) is 26.2 Å². The van der Waals surface area contributed by atoms with Crippen LogP contribution in [0.2, 0.25) is 0 Å². The first-order valence-corrected chi connectivity index (χ1v) is 11.6. The van der Waals surface area contributed by atoms with E-state index in [4.69, 9.17) is 0 Å². The molecule has 1 amide bonds. The van der Waals surface area contributed by atoms with E-state index in [-0.39, 0.29) is 34.1 Å². The molecule has 174 valence electrons. The number of nitrogens with one attached hydrogen (secondary N) is 2. The highest BCUT2D eigenvalue weighted by molar-refractivity contribution is 7.89. The number of carbonyl (C=O) groups excluding carboxylic acids is 1. The van der Waals surface area contributed by atoms with E-state index in [0.717, 1.165) is 21.0 Å². The van der Waals surface area contributed by atoms with E-state index >= 15 is 0 Å². The summed E-state index contributed by atoms with van der Waals surface area (Å²) in [7, 11) is -1.07. The second-order valence-electron chi connectivity index (χ2n) is 7.78. The Bertz CT molecular complexity index is 1360. The van der Waals surface area contributed by atoms with Gasteiger partial charge in [0.25, 0.3) is 11.5 Å². The normalized spacial score (nSPS) is 11.6. The average Bonchev–Trinajstić information content (AvgIpc) is 2.79. The topological polar surface area (TPSA) is 132 Å². The molecule has 0 bridgehead atoms. The Labute approximate surface area is 192 Å². The summed E-state index contributed by atoms with van der Waals surface area (Å²) in [5, 5.41) is 12.4. The third-order valence-electron chi connectivity index (χ3n) is 5.31. The van der Waals surface area contributed by atoms with Gasteiger partial charge in [0.1, 0.15) is 11.5 Å². The van der Waals surface area contributed by atoms with Crippen LogP contribution in [0.3, 0.4) is 0 Å². The van der Waals surface area contributed by atoms with Crippen LogP contribution in [0, 0.1) is 13.8 Å². The van der Waals surface area contributed by atoms with Crippen molar-refractivity contribution in [2.45, 2.75) is 31.9 Å². The maximum absolute atomic E-state index is 12.9. The second kappa shape index (κ2) is 9.65. The van der Waals surface area contributed by atoms with Gasteiger partial charge >= 0.3 is 0 Å². The molecule has 2 aromatic carbocycles. The van der Waals surface area contributed by atoms with Gasteiger partial charge in [-0.25, -0.2) is 17.7 Å². The zero-order valence-corrected chi connectivity index (χ0v) is 19.7. The number of H-pyrrole nitrogens is 1. The van der Waals surface area contributed by atoms with E-state index in [1.807, 2.05) is 32.0 Å². The molecule has 0 saturated heterocycles. The van der Waals surface area contributed by atoms with Gasteiger partial charge in [0.15, 0.2) is 0 Å². The van der Waals surface area contributed by atoms with Crippen molar-refractivity contribution in [2.24, 2.45) is 0 Å². The Morgan fingerprint density at radius 3 is 2.45 bits per heavy atom. The first kappa shape index (κ1) is 24.3. The van der Waals surface area contributed by atoms with E-state index in [1.165, 1.54) is 26.2 Å². The van der Waals surface area contributed by atoms with Gasteiger partial charge in [-0.1, -0.05) is 30.3 Å². The van der Waals surface area contributed by atoms with Crippen molar-refractivity contribution in [1.29, 1.82) is 0 Å². The Balaban J connectivity index is 2.04. The fourth-order valence-corrected chi connectivity index (χ4v) is 4.31. The molecule has 1 aromatic heterocycles. The van der Waals surface area contributed by atoms with Gasteiger partial charge in [-0.05, 0) is 42.7 Å². The lowest BCUT2D eigenvalue weighted by molar-refractivity contribution is 0.0942. The molecule has 0 aliphatic carbocycles. The Morgan fingerprint density at radius 2 is 1.82 bits per heavy atom. The number of hydrogen-bond acceptors (Lipinski definition) is 6. The van der Waals surface area contributed by atoms with Crippen LogP contribution < -0.4 is 10.9 Å². The molecule has 0 radical (unpaired) electrons. The Morgan fingerprint density at radius 1 is 1.12 bits per heavy atom. The Hall–Kier alpha value is -3.34. The minimum absolute atomic E-state index is 0.0728. The maximum Gasteiger partial charge on any atom is 0.270 e. The highest BCUT2D eigenvalue weighted by Crippen LogP contribution is 2.26. The number of amides is 1. The number of aliphatic hydroxyl groups excluding tert-OH is 1. The molecule has 0 aliphatic rings. The molecular formula is C23H26N4O5S. The van der Waals surface area contributed by atoms with Crippen LogP contribution in [0.1, 0.15) is 32.7 Å². The fourth-order valence-electron chi connectivity index (χ4n) is 3.22. The van der Waals surface area contributed by atoms with Crippen molar-refractivity contribution in [3.63, 3.8) is 0 Å². The molecule has 3 N–H and O–H groups in total. The van der Waals surface area contributed by atoms with Crippen LogP contribution >= 0.6 is 0 Å². The summed E-state index contributed by atoms with van der Waals surface area (Å²) in [4.78, 5) is 32.2. The summed E-state index contributed by atoms with van der Waals surface area (Å²) in [6.45, 7) is 3.45. The third kappa shape index (κ3) is 5.03. The van der Waals surface area contributed by atoms with Crippen LogP contribution in [-0.2, 0) is 23.2 Å². The molecule has 0 unspecified atom stereocenters. The number of carbonyl (C=O) groups is 1. The number of benzene rings is 2. The molecule has 3 rings (SSSR count). The number of hydrogen-bond donors (Lipinski definition) is 3. The lowest BCUT2D eigenvalue weighted by atomic mass is 10.1. The maximum atomic E-state index is 12.9. The van der Waals surface area contributed by atoms with Crippen LogP contribution in [0.25, 0.3) is 11.4 Å². The lowest BCUT2D eigenvalue weighted by Crippen LogP contribution is -2.30. The molecular weight excluding hydrogens is 444 g/mol. The monoisotopic (exact) mass is 470 g/mol. The molecule has 0 aliphatic heterocycles. The number of aryl methyl sites for hydroxylation is 2. The number of rotatable bonds is 7. The van der Waals surface area contributed by atoms with Crippen molar-refractivity contribution in [1.82, 2.24) is 19.6 Å². The quantitative estimate of drug-likeness (QED) is 0.482. The summed E-state index contributed by atoms with van der Waals surface area (Å²) < 4.78 is 26.5. The highest BCUT2D eigenvalue weighted by atomic mass is 32.2. The van der Waals surface area contributed by atoms with Crippen molar-refractivity contribution in [3.8, 4) is 11.4 Å². The largest absolute Gasteiger partial charge is 0.391 e. The third-order valence-corrected chi connectivity index (χ3v) is 7.19. The predicted octanol–water partition coefficient (Wildman–Crippen LogP) is 1.73.